The number of carbonyl (C=O) groups is 1. The monoisotopic (exact) mass is 319 g/mol. The van der Waals surface area contributed by atoms with Gasteiger partial charge in [-0.05, 0) is 37.0 Å². The van der Waals surface area contributed by atoms with Gasteiger partial charge in [-0.1, -0.05) is 41.7 Å². The number of thiazole rings is 1. The molecule has 3 rings (SSSR count). The number of hydrogen-bond acceptors (Lipinski definition) is 4. The zero-order chi connectivity index (χ0) is 14.8. The van der Waals surface area contributed by atoms with Gasteiger partial charge in [0.05, 0.1) is 0 Å². The van der Waals surface area contributed by atoms with Crippen LogP contribution in [-0.4, -0.2) is 17.0 Å². The lowest BCUT2D eigenvalue weighted by Crippen LogP contribution is -2.25. The van der Waals surface area contributed by atoms with Crippen LogP contribution in [0.1, 0.15) is 34.1 Å². The summed E-state index contributed by atoms with van der Waals surface area (Å²) in [6.07, 6.45) is 3.01. The molecule has 1 aromatic carbocycles. The second-order valence-electron chi connectivity index (χ2n) is 5.18. The van der Waals surface area contributed by atoms with Crippen molar-refractivity contribution in [2.45, 2.75) is 25.3 Å². The first kappa shape index (κ1) is 14.3. The lowest BCUT2D eigenvalue weighted by Gasteiger charge is -2.06. The van der Waals surface area contributed by atoms with Crippen LogP contribution < -0.4 is 11.1 Å². The molecule has 1 aliphatic rings. The van der Waals surface area contributed by atoms with Crippen LogP contribution in [0.25, 0.3) is 0 Å². The molecule has 2 aromatic rings. The van der Waals surface area contributed by atoms with Crippen molar-refractivity contribution in [1.82, 2.24) is 9.88 Å². The molecule has 0 radical (unpaired) electrons. The van der Waals surface area contributed by atoms with Crippen molar-refractivity contribution in [2.24, 2.45) is 0 Å². The number of nitrogens with two attached hydrogens (primary N) is 1. The van der Waals surface area contributed by atoms with Crippen LogP contribution in [0.5, 0.6) is 0 Å². The van der Waals surface area contributed by atoms with Crippen molar-refractivity contribution in [3.63, 3.8) is 0 Å². The highest BCUT2D eigenvalue weighted by Gasteiger charge is 2.29. The zero-order valence-electron chi connectivity index (χ0n) is 11.5. The van der Waals surface area contributed by atoms with Crippen molar-refractivity contribution >= 4 is 35.3 Å². The molecular weight excluding hydrogens is 302 g/mol. The van der Waals surface area contributed by atoms with E-state index in [0.717, 1.165) is 19.3 Å². The number of nitrogens with zero attached hydrogens (tertiary/aromatic N) is 1. The average molecular weight is 319 g/mol. The number of anilines is 1. The van der Waals surface area contributed by atoms with Crippen molar-refractivity contribution in [3.05, 3.63) is 44.7 Å². The summed E-state index contributed by atoms with van der Waals surface area (Å²) in [4.78, 5) is 12.8. The Morgan fingerprint density at radius 3 is 2.76 bits per heavy atom. The fourth-order valence-corrected chi connectivity index (χ4v) is 3.67. The minimum atomic E-state index is -0.126. The molecule has 1 amide bonds. The fourth-order valence-electron chi connectivity index (χ4n) is 2.28. The lowest BCUT2D eigenvalue weighted by atomic mass is 10.1. The summed E-state index contributed by atoms with van der Waals surface area (Å²) in [5.74, 6) is 0.392. The van der Waals surface area contributed by atoms with Crippen molar-refractivity contribution in [3.8, 4) is 0 Å². The highest BCUT2D eigenvalue weighted by Crippen LogP contribution is 2.40. The minimum absolute atomic E-state index is 0.126. The fraction of sp³-hybridized carbons (Fsp3) is 0.333. The summed E-state index contributed by atoms with van der Waals surface area (Å²) in [7, 11) is 0. The van der Waals surface area contributed by atoms with E-state index in [9.17, 15) is 4.79 Å². The van der Waals surface area contributed by atoms with Gasteiger partial charge in [0, 0.05) is 12.6 Å². The number of carbonyl (C=O) groups excluding carboxylic acids is 1. The maximum Gasteiger partial charge on any atom is 0.265 e. The molecule has 0 aliphatic heterocycles. The average Bonchev–Trinajstić information content (AvgIpc) is 3.26. The second kappa shape index (κ2) is 5.99. The van der Waals surface area contributed by atoms with Gasteiger partial charge in [-0.2, -0.15) is 0 Å². The first-order valence-electron chi connectivity index (χ1n) is 6.99. The van der Waals surface area contributed by atoms with Gasteiger partial charge in [-0.3, -0.25) is 4.79 Å². The molecule has 1 aromatic heterocycles. The van der Waals surface area contributed by atoms with Crippen molar-refractivity contribution in [1.29, 1.82) is 0 Å². The Hall–Kier alpha value is -1.66. The van der Waals surface area contributed by atoms with E-state index in [1.54, 1.807) is 0 Å². The molecule has 0 spiro atoms. The molecule has 0 bridgehead atoms. The summed E-state index contributed by atoms with van der Waals surface area (Å²) in [6, 6.07) is 10.5. The highest BCUT2D eigenvalue weighted by atomic mass is 32.1. The van der Waals surface area contributed by atoms with E-state index < -0.39 is 0 Å². The molecule has 1 fully saturated rings. The van der Waals surface area contributed by atoms with E-state index in [0.29, 0.717) is 27.2 Å². The molecule has 1 aliphatic carbocycles. The SMILES string of the molecule is Nc1c(C(=O)NCCc2ccccc2)sc(=S)n1C1CC1. The maximum absolute atomic E-state index is 12.2. The topological polar surface area (TPSA) is 60.1 Å². The first-order chi connectivity index (χ1) is 10.2. The van der Waals surface area contributed by atoms with Gasteiger partial charge in [-0.15, -0.1) is 0 Å². The Kier molecular flexibility index (Phi) is 4.07. The third kappa shape index (κ3) is 3.16. The van der Waals surface area contributed by atoms with Gasteiger partial charge in [0.15, 0.2) is 3.95 Å². The molecule has 0 atom stereocenters. The Morgan fingerprint density at radius 2 is 2.10 bits per heavy atom. The number of benzene rings is 1. The van der Waals surface area contributed by atoms with E-state index in [2.05, 4.69) is 5.32 Å². The summed E-state index contributed by atoms with van der Waals surface area (Å²) in [5.41, 5.74) is 7.28. The summed E-state index contributed by atoms with van der Waals surface area (Å²) >= 11 is 6.61. The minimum Gasteiger partial charge on any atom is -0.384 e. The third-order valence-electron chi connectivity index (χ3n) is 3.54. The van der Waals surface area contributed by atoms with Gasteiger partial charge < -0.3 is 15.6 Å². The van der Waals surface area contributed by atoms with Crippen LogP contribution in [0, 0.1) is 3.95 Å². The number of rotatable bonds is 5. The van der Waals surface area contributed by atoms with Gasteiger partial charge in [0.2, 0.25) is 0 Å². The smallest absolute Gasteiger partial charge is 0.265 e. The molecular formula is C15H17N3OS2. The number of hydrogen-bond donors (Lipinski definition) is 2. The molecule has 21 heavy (non-hydrogen) atoms. The molecule has 3 N–H and O–H groups in total. The van der Waals surface area contributed by atoms with Crippen LogP contribution in [0.15, 0.2) is 30.3 Å². The molecule has 110 valence electrons. The highest BCUT2D eigenvalue weighted by molar-refractivity contribution is 7.73. The zero-order valence-corrected chi connectivity index (χ0v) is 13.2. The maximum atomic E-state index is 12.2. The second-order valence-corrected chi connectivity index (χ2v) is 6.82. The lowest BCUT2D eigenvalue weighted by molar-refractivity contribution is 0.0958. The van der Waals surface area contributed by atoms with Crippen LogP contribution in [0.2, 0.25) is 0 Å². The number of nitrogen functional groups attached to an aromatic ring is 1. The van der Waals surface area contributed by atoms with Crippen LogP contribution >= 0.6 is 23.6 Å². The van der Waals surface area contributed by atoms with Crippen LogP contribution in [0.3, 0.4) is 0 Å². The number of nitrogens with one attached hydrogen (secondary N) is 1. The quantitative estimate of drug-likeness (QED) is 0.832. The molecule has 4 nitrogen and oxygen atoms in total. The predicted molar refractivity (Wildman–Crippen MR) is 88.3 cm³/mol. The Morgan fingerprint density at radius 1 is 1.38 bits per heavy atom. The van der Waals surface area contributed by atoms with Gasteiger partial charge >= 0.3 is 0 Å². The molecule has 1 saturated carbocycles. The largest absolute Gasteiger partial charge is 0.384 e. The van der Waals surface area contributed by atoms with E-state index >= 15 is 0 Å². The Bertz CT molecular complexity index is 701. The van der Waals surface area contributed by atoms with Gasteiger partial charge in [0.1, 0.15) is 10.7 Å². The van der Waals surface area contributed by atoms with E-state index in [1.165, 1.54) is 16.9 Å². The Balaban J connectivity index is 1.63. The Labute approximate surface area is 132 Å². The van der Waals surface area contributed by atoms with Crippen LogP contribution in [0.4, 0.5) is 5.82 Å². The summed E-state index contributed by atoms with van der Waals surface area (Å²) < 4.78 is 2.62. The first-order valence-corrected chi connectivity index (χ1v) is 8.22. The third-order valence-corrected chi connectivity index (χ3v) is 4.96. The summed E-state index contributed by atoms with van der Waals surface area (Å²) in [5, 5.41) is 2.92. The van der Waals surface area contributed by atoms with Crippen molar-refractivity contribution in [2.75, 3.05) is 12.3 Å². The summed E-state index contributed by atoms with van der Waals surface area (Å²) in [6.45, 7) is 0.594. The molecule has 1 heterocycles. The van der Waals surface area contributed by atoms with Gasteiger partial charge in [0.25, 0.3) is 5.91 Å². The van der Waals surface area contributed by atoms with Crippen LogP contribution in [-0.2, 0) is 6.42 Å². The van der Waals surface area contributed by atoms with E-state index in [-0.39, 0.29) is 5.91 Å². The normalized spacial score (nSPS) is 14.1. The number of amides is 1. The van der Waals surface area contributed by atoms with Gasteiger partial charge in [-0.25, -0.2) is 0 Å². The predicted octanol–water partition coefficient (Wildman–Crippen LogP) is 3.17. The molecule has 6 heteroatoms. The van der Waals surface area contributed by atoms with Crippen molar-refractivity contribution < 1.29 is 4.79 Å². The molecule has 0 saturated heterocycles. The van der Waals surface area contributed by atoms with E-state index in [1.807, 2.05) is 34.9 Å². The molecule has 0 unspecified atom stereocenters. The van der Waals surface area contributed by atoms with E-state index in [4.69, 9.17) is 18.0 Å². The standard InChI is InChI=1S/C15H17N3OS2/c16-13-12(21-15(20)18(13)11-6-7-11)14(19)17-9-8-10-4-2-1-3-5-10/h1-5,11H,6-9,16H2,(H,17,19). The number of aromatic nitrogens is 1.